The van der Waals surface area contributed by atoms with E-state index >= 15 is 0 Å². The summed E-state index contributed by atoms with van der Waals surface area (Å²) in [6, 6.07) is 0. The maximum Gasteiger partial charge on any atom is 0.126 e. The Kier molecular flexibility index (Phi) is 3.98. The second-order valence-corrected chi connectivity index (χ2v) is 3.86. The van der Waals surface area contributed by atoms with Crippen LogP contribution in [0, 0.1) is 6.92 Å². The van der Waals surface area contributed by atoms with Crippen molar-refractivity contribution >= 4 is 5.82 Å². The van der Waals surface area contributed by atoms with E-state index in [1.807, 2.05) is 18.5 Å². The molecule has 2 N–H and O–H groups in total. The number of hydrogen-bond donors (Lipinski definition) is 1. The normalized spacial score (nSPS) is 10.8. The summed E-state index contributed by atoms with van der Waals surface area (Å²) < 4.78 is 1.95. The lowest BCUT2D eigenvalue weighted by atomic mass is 10.1. The summed E-state index contributed by atoms with van der Waals surface area (Å²) >= 11 is 0. The van der Waals surface area contributed by atoms with Crippen LogP contribution in [0.25, 0.3) is 0 Å². The first-order valence-corrected chi connectivity index (χ1v) is 5.44. The van der Waals surface area contributed by atoms with E-state index in [0.717, 1.165) is 23.8 Å². The Morgan fingerprint density at radius 3 is 2.50 bits per heavy atom. The highest BCUT2D eigenvalue weighted by atomic mass is 15.1. The number of imidazole rings is 1. The molecule has 0 aliphatic carbocycles. The van der Waals surface area contributed by atoms with Gasteiger partial charge in [0.15, 0.2) is 0 Å². The summed E-state index contributed by atoms with van der Waals surface area (Å²) in [7, 11) is 1.97. The SMILES string of the molecule is CCCCCCc1nc(C)n(C)c1N. The van der Waals surface area contributed by atoms with Crippen LogP contribution in [0.4, 0.5) is 5.82 Å². The van der Waals surface area contributed by atoms with Gasteiger partial charge < -0.3 is 10.3 Å². The Labute approximate surface area is 86.3 Å². The van der Waals surface area contributed by atoms with E-state index in [1.54, 1.807) is 0 Å². The minimum atomic E-state index is 0.832. The Bertz CT molecular complexity index is 289. The van der Waals surface area contributed by atoms with Crippen LogP contribution < -0.4 is 5.73 Å². The van der Waals surface area contributed by atoms with Crippen molar-refractivity contribution in [3.05, 3.63) is 11.5 Å². The zero-order chi connectivity index (χ0) is 10.6. The van der Waals surface area contributed by atoms with Crippen molar-refractivity contribution < 1.29 is 0 Å². The van der Waals surface area contributed by atoms with Gasteiger partial charge in [-0.25, -0.2) is 4.98 Å². The van der Waals surface area contributed by atoms with Gasteiger partial charge in [-0.2, -0.15) is 0 Å². The zero-order valence-electron chi connectivity index (χ0n) is 9.51. The number of unbranched alkanes of at least 4 members (excludes halogenated alkanes) is 3. The summed E-state index contributed by atoms with van der Waals surface area (Å²) in [5, 5.41) is 0. The fourth-order valence-electron chi connectivity index (χ4n) is 1.60. The fraction of sp³-hybridized carbons (Fsp3) is 0.727. The Balaban J connectivity index is 2.47. The highest BCUT2D eigenvalue weighted by Gasteiger charge is 2.07. The van der Waals surface area contributed by atoms with E-state index < -0.39 is 0 Å². The quantitative estimate of drug-likeness (QED) is 0.733. The van der Waals surface area contributed by atoms with Gasteiger partial charge in [0.25, 0.3) is 0 Å². The minimum absolute atomic E-state index is 0.832. The van der Waals surface area contributed by atoms with Crippen LogP contribution in [0.2, 0.25) is 0 Å². The molecule has 0 radical (unpaired) electrons. The summed E-state index contributed by atoms with van der Waals surface area (Å²) in [6.07, 6.45) is 6.09. The average Bonchev–Trinajstić information content (AvgIpc) is 2.41. The summed E-state index contributed by atoms with van der Waals surface area (Å²) in [5.41, 5.74) is 6.99. The topological polar surface area (TPSA) is 43.8 Å². The van der Waals surface area contributed by atoms with Crippen LogP contribution in [0.5, 0.6) is 0 Å². The zero-order valence-corrected chi connectivity index (χ0v) is 9.51. The number of nitrogens with zero attached hydrogens (tertiary/aromatic N) is 2. The number of rotatable bonds is 5. The molecule has 0 atom stereocenters. The molecule has 3 nitrogen and oxygen atoms in total. The van der Waals surface area contributed by atoms with E-state index in [1.165, 1.54) is 25.7 Å². The molecule has 0 fully saturated rings. The van der Waals surface area contributed by atoms with E-state index in [-0.39, 0.29) is 0 Å². The van der Waals surface area contributed by atoms with Crippen LogP contribution >= 0.6 is 0 Å². The van der Waals surface area contributed by atoms with Gasteiger partial charge in [-0.3, -0.25) is 0 Å². The van der Waals surface area contributed by atoms with Crippen LogP contribution in [0.15, 0.2) is 0 Å². The van der Waals surface area contributed by atoms with Crippen molar-refractivity contribution in [3.63, 3.8) is 0 Å². The van der Waals surface area contributed by atoms with Crippen LogP contribution in [0.1, 0.15) is 44.1 Å². The van der Waals surface area contributed by atoms with E-state index in [2.05, 4.69) is 11.9 Å². The second kappa shape index (κ2) is 5.03. The van der Waals surface area contributed by atoms with Crippen molar-refractivity contribution in [3.8, 4) is 0 Å². The molecule has 14 heavy (non-hydrogen) atoms. The first kappa shape index (κ1) is 11.1. The third-order valence-electron chi connectivity index (χ3n) is 2.71. The number of nitrogens with two attached hydrogens (primary N) is 1. The van der Waals surface area contributed by atoms with Gasteiger partial charge in [0.1, 0.15) is 11.6 Å². The summed E-state index contributed by atoms with van der Waals surface area (Å²) in [5.74, 6) is 1.84. The number of anilines is 1. The average molecular weight is 195 g/mol. The number of aryl methyl sites for hydroxylation is 2. The molecule has 0 unspecified atom stereocenters. The molecule has 0 spiro atoms. The highest BCUT2D eigenvalue weighted by Crippen LogP contribution is 2.15. The lowest BCUT2D eigenvalue weighted by molar-refractivity contribution is 0.662. The van der Waals surface area contributed by atoms with Crippen molar-refractivity contribution in [1.29, 1.82) is 0 Å². The molecule has 0 amide bonds. The van der Waals surface area contributed by atoms with Gasteiger partial charge in [-0.05, 0) is 19.8 Å². The minimum Gasteiger partial charge on any atom is -0.384 e. The number of hydrogen-bond acceptors (Lipinski definition) is 2. The molecule has 1 heterocycles. The monoisotopic (exact) mass is 195 g/mol. The van der Waals surface area contributed by atoms with E-state index in [9.17, 15) is 0 Å². The van der Waals surface area contributed by atoms with E-state index in [4.69, 9.17) is 5.73 Å². The van der Waals surface area contributed by atoms with Gasteiger partial charge in [0.05, 0.1) is 5.69 Å². The predicted molar refractivity (Wildman–Crippen MR) is 60.2 cm³/mol. The Morgan fingerprint density at radius 1 is 1.29 bits per heavy atom. The first-order valence-electron chi connectivity index (χ1n) is 5.44. The van der Waals surface area contributed by atoms with Crippen LogP contribution in [-0.4, -0.2) is 9.55 Å². The molecule has 1 aromatic heterocycles. The second-order valence-electron chi connectivity index (χ2n) is 3.86. The molecule has 3 heteroatoms. The third kappa shape index (κ3) is 2.50. The Hall–Kier alpha value is -0.990. The molecule has 0 aliphatic heterocycles. The molecule has 1 rings (SSSR count). The standard InChI is InChI=1S/C11H21N3/c1-4-5-6-7-8-10-11(12)14(3)9(2)13-10/h4-8,12H2,1-3H3. The number of aromatic nitrogens is 2. The van der Waals surface area contributed by atoms with Crippen molar-refractivity contribution in [2.75, 3.05) is 5.73 Å². The van der Waals surface area contributed by atoms with Crippen LogP contribution in [0.3, 0.4) is 0 Å². The predicted octanol–water partition coefficient (Wildman–Crippen LogP) is 2.43. The molecule has 0 aromatic carbocycles. The Morgan fingerprint density at radius 2 is 2.00 bits per heavy atom. The van der Waals surface area contributed by atoms with E-state index in [0.29, 0.717) is 0 Å². The highest BCUT2D eigenvalue weighted by molar-refractivity contribution is 5.37. The maximum atomic E-state index is 5.92. The fourth-order valence-corrected chi connectivity index (χ4v) is 1.60. The molecule has 0 saturated carbocycles. The maximum absolute atomic E-state index is 5.92. The molecular weight excluding hydrogens is 174 g/mol. The molecule has 80 valence electrons. The number of nitrogen functional groups attached to an aromatic ring is 1. The molecule has 0 bridgehead atoms. The van der Waals surface area contributed by atoms with Crippen LogP contribution in [-0.2, 0) is 13.5 Å². The van der Waals surface area contributed by atoms with Gasteiger partial charge >= 0.3 is 0 Å². The van der Waals surface area contributed by atoms with Gasteiger partial charge in [-0.15, -0.1) is 0 Å². The first-order chi connectivity index (χ1) is 6.66. The summed E-state index contributed by atoms with van der Waals surface area (Å²) in [4.78, 5) is 4.45. The smallest absolute Gasteiger partial charge is 0.126 e. The lowest BCUT2D eigenvalue weighted by Crippen LogP contribution is -1.99. The molecular formula is C11H21N3. The molecule has 1 aromatic rings. The third-order valence-corrected chi connectivity index (χ3v) is 2.71. The van der Waals surface area contributed by atoms with Crippen molar-refractivity contribution in [2.24, 2.45) is 7.05 Å². The van der Waals surface area contributed by atoms with Crippen molar-refractivity contribution in [1.82, 2.24) is 9.55 Å². The molecule has 0 aliphatic rings. The lowest BCUT2D eigenvalue weighted by Gasteiger charge is -2.00. The van der Waals surface area contributed by atoms with Gasteiger partial charge in [0, 0.05) is 7.05 Å². The largest absolute Gasteiger partial charge is 0.384 e. The summed E-state index contributed by atoms with van der Waals surface area (Å²) in [6.45, 7) is 4.21. The molecule has 0 saturated heterocycles. The van der Waals surface area contributed by atoms with Gasteiger partial charge in [0.2, 0.25) is 0 Å². The van der Waals surface area contributed by atoms with Crippen molar-refractivity contribution in [2.45, 2.75) is 46.0 Å². The van der Waals surface area contributed by atoms with Gasteiger partial charge in [-0.1, -0.05) is 26.2 Å².